The lowest BCUT2D eigenvalue weighted by Gasteiger charge is -2.44. The van der Waals surface area contributed by atoms with Gasteiger partial charge in [-0.25, -0.2) is 0 Å². The van der Waals surface area contributed by atoms with Crippen LogP contribution in [0.15, 0.2) is 30.3 Å². The Hall–Kier alpha value is -1.84. The number of nitrogens with zero attached hydrogens (tertiary/aromatic N) is 1. The minimum absolute atomic E-state index is 0.00832. The first kappa shape index (κ1) is 18.0. The van der Waals surface area contributed by atoms with Crippen molar-refractivity contribution in [3.63, 3.8) is 0 Å². The highest BCUT2D eigenvalue weighted by atomic mass is 16.4. The van der Waals surface area contributed by atoms with E-state index in [1.165, 1.54) is 32.1 Å². The number of rotatable bonds is 5. The normalized spacial score (nSPS) is 21.0. The fraction of sp³-hybridized carbons (Fsp3) is 0.619. The monoisotopic (exact) mass is 343 g/mol. The maximum absolute atomic E-state index is 12.6. The van der Waals surface area contributed by atoms with Crippen molar-refractivity contribution in [3.8, 4) is 0 Å². The summed E-state index contributed by atoms with van der Waals surface area (Å²) in [5.41, 5.74) is 1.44. The standard InChI is InChI=1S/C21H29NO3/c23-19(16-18(20(24)25)15-17-7-3-1-4-8-17)22-13-11-21(12-14-22)9-5-2-6-10-21/h1,3-4,7-8,18H,2,5-6,9-16H2,(H,24,25). The summed E-state index contributed by atoms with van der Waals surface area (Å²) in [4.78, 5) is 26.1. The van der Waals surface area contributed by atoms with E-state index in [0.717, 1.165) is 31.5 Å². The maximum Gasteiger partial charge on any atom is 0.307 e. The number of amides is 1. The lowest BCUT2D eigenvalue weighted by atomic mass is 9.68. The Morgan fingerprint density at radius 3 is 2.24 bits per heavy atom. The van der Waals surface area contributed by atoms with Crippen molar-refractivity contribution >= 4 is 11.9 Å². The topological polar surface area (TPSA) is 57.6 Å². The van der Waals surface area contributed by atoms with Crippen LogP contribution in [-0.4, -0.2) is 35.0 Å². The van der Waals surface area contributed by atoms with Crippen LogP contribution in [0, 0.1) is 11.3 Å². The molecule has 1 aromatic carbocycles. The van der Waals surface area contributed by atoms with Crippen molar-refractivity contribution in [1.29, 1.82) is 0 Å². The summed E-state index contributed by atoms with van der Waals surface area (Å²) in [6.45, 7) is 1.60. The average molecular weight is 343 g/mol. The van der Waals surface area contributed by atoms with Crippen LogP contribution < -0.4 is 0 Å². The molecule has 1 amide bonds. The van der Waals surface area contributed by atoms with Crippen LogP contribution in [-0.2, 0) is 16.0 Å². The molecule has 136 valence electrons. The molecule has 4 nitrogen and oxygen atoms in total. The van der Waals surface area contributed by atoms with Crippen LogP contribution in [0.25, 0.3) is 0 Å². The molecule has 1 atom stereocenters. The number of carboxylic acid groups (broad SMARTS) is 1. The molecule has 1 aliphatic carbocycles. The van der Waals surface area contributed by atoms with Crippen LogP contribution in [0.1, 0.15) is 56.9 Å². The van der Waals surface area contributed by atoms with E-state index in [1.807, 2.05) is 35.2 Å². The third kappa shape index (κ3) is 4.62. The zero-order chi connectivity index (χ0) is 17.7. The number of piperidine rings is 1. The van der Waals surface area contributed by atoms with Gasteiger partial charge in [-0.15, -0.1) is 0 Å². The highest BCUT2D eigenvalue weighted by Crippen LogP contribution is 2.44. The van der Waals surface area contributed by atoms with Crippen molar-refractivity contribution in [3.05, 3.63) is 35.9 Å². The van der Waals surface area contributed by atoms with Gasteiger partial charge in [0.1, 0.15) is 0 Å². The number of aliphatic carboxylic acids is 1. The van der Waals surface area contributed by atoms with Gasteiger partial charge < -0.3 is 10.0 Å². The number of benzene rings is 1. The Bertz CT molecular complexity index is 582. The van der Waals surface area contributed by atoms with Gasteiger partial charge in [0, 0.05) is 19.5 Å². The van der Waals surface area contributed by atoms with Crippen LogP contribution in [0.2, 0.25) is 0 Å². The Morgan fingerprint density at radius 2 is 1.64 bits per heavy atom. The number of carbonyl (C=O) groups excluding carboxylic acids is 1. The molecule has 4 heteroatoms. The summed E-state index contributed by atoms with van der Waals surface area (Å²) in [5.74, 6) is -1.51. The van der Waals surface area contributed by atoms with Gasteiger partial charge in [0.05, 0.1) is 5.92 Å². The van der Waals surface area contributed by atoms with Gasteiger partial charge in [-0.3, -0.25) is 9.59 Å². The van der Waals surface area contributed by atoms with Gasteiger partial charge in [0.2, 0.25) is 5.91 Å². The molecule has 0 radical (unpaired) electrons. The van der Waals surface area contributed by atoms with E-state index in [2.05, 4.69) is 0 Å². The second kappa shape index (κ2) is 8.03. The molecule has 1 heterocycles. The molecule has 1 N–H and O–H groups in total. The second-order valence-electron chi connectivity index (χ2n) is 7.87. The molecule has 2 aliphatic rings. The number of carbonyl (C=O) groups is 2. The first-order valence-electron chi connectivity index (χ1n) is 9.63. The van der Waals surface area contributed by atoms with Crippen LogP contribution in [0.4, 0.5) is 0 Å². The van der Waals surface area contributed by atoms with E-state index in [9.17, 15) is 14.7 Å². The van der Waals surface area contributed by atoms with E-state index in [4.69, 9.17) is 0 Å². The van der Waals surface area contributed by atoms with E-state index in [1.54, 1.807) is 0 Å². The van der Waals surface area contributed by atoms with Gasteiger partial charge in [0.25, 0.3) is 0 Å². The first-order chi connectivity index (χ1) is 12.1. The largest absolute Gasteiger partial charge is 0.481 e. The molecule has 1 aromatic rings. The van der Waals surface area contributed by atoms with Crippen molar-refractivity contribution in [2.75, 3.05) is 13.1 Å². The molecule has 2 fully saturated rings. The Labute approximate surface area is 150 Å². The zero-order valence-corrected chi connectivity index (χ0v) is 15.0. The summed E-state index contributed by atoms with van der Waals surface area (Å²) in [6.07, 6.45) is 9.32. The SMILES string of the molecule is O=C(O)C(CC(=O)N1CCC2(CCCCC2)CC1)Cc1ccccc1. The van der Waals surface area contributed by atoms with Gasteiger partial charge in [0.15, 0.2) is 0 Å². The molecule has 3 rings (SSSR count). The molecule has 1 spiro atoms. The number of carboxylic acids is 1. The zero-order valence-electron chi connectivity index (χ0n) is 15.0. The van der Waals surface area contributed by atoms with E-state index in [0.29, 0.717) is 11.8 Å². The smallest absolute Gasteiger partial charge is 0.307 e. The Balaban J connectivity index is 1.54. The fourth-order valence-corrected chi connectivity index (χ4v) is 4.52. The number of hydrogen-bond donors (Lipinski definition) is 1. The summed E-state index contributed by atoms with van der Waals surface area (Å²) >= 11 is 0. The van der Waals surface area contributed by atoms with E-state index >= 15 is 0 Å². The molecule has 0 bridgehead atoms. The van der Waals surface area contributed by atoms with Crippen molar-refractivity contribution < 1.29 is 14.7 Å². The molecular formula is C21H29NO3. The predicted octanol–water partition coefficient (Wildman–Crippen LogP) is 3.89. The number of likely N-dealkylation sites (tertiary alicyclic amines) is 1. The number of hydrogen-bond acceptors (Lipinski definition) is 2. The summed E-state index contributed by atoms with van der Waals surface area (Å²) in [5, 5.41) is 9.51. The van der Waals surface area contributed by atoms with Crippen molar-refractivity contribution in [2.45, 2.75) is 57.8 Å². The first-order valence-corrected chi connectivity index (χ1v) is 9.63. The Morgan fingerprint density at radius 1 is 1.00 bits per heavy atom. The van der Waals surface area contributed by atoms with Gasteiger partial charge in [-0.1, -0.05) is 49.6 Å². The third-order valence-electron chi connectivity index (χ3n) is 6.19. The summed E-state index contributed by atoms with van der Waals surface area (Å²) in [7, 11) is 0. The molecule has 0 aromatic heterocycles. The van der Waals surface area contributed by atoms with E-state index in [-0.39, 0.29) is 12.3 Å². The molecule has 1 saturated carbocycles. The molecule has 25 heavy (non-hydrogen) atoms. The molecule has 1 unspecified atom stereocenters. The highest BCUT2D eigenvalue weighted by Gasteiger charge is 2.37. The lowest BCUT2D eigenvalue weighted by Crippen LogP contribution is -2.44. The van der Waals surface area contributed by atoms with Crippen LogP contribution in [0.3, 0.4) is 0 Å². The minimum Gasteiger partial charge on any atom is -0.481 e. The lowest BCUT2D eigenvalue weighted by molar-refractivity contribution is -0.146. The maximum atomic E-state index is 12.6. The van der Waals surface area contributed by atoms with Crippen LogP contribution >= 0.6 is 0 Å². The van der Waals surface area contributed by atoms with E-state index < -0.39 is 11.9 Å². The van der Waals surface area contributed by atoms with Crippen LogP contribution in [0.5, 0.6) is 0 Å². The minimum atomic E-state index is -0.877. The summed E-state index contributed by atoms with van der Waals surface area (Å²) < 4.78 is 0. The van der Waals surface area contributed by atoms with Crippen molar-refractivity contribution in [2.24, 2.45) is 11.3 Å². The molecule has 1 aliphatic heterocycles. The molecular weight excluding hydrogens is 314 g/mol. The average Bonchev–Trinajstić information content (AvgIpc) is 2.63. The quantitative estimate of drug-likeness (QED) is 0.882. The van der Waals surface area contributed by atoms with Crippen molar-refractivity contribution in [1.82, 2.24) is 4.90 Å². The highest BCUT2D eigenvalue weighted by molar-refractivity contribution is 5.82. The third-order valence-corrected chi connectivity index (χ3v) is 6.19. The predicted molar refractivity (Wildman–Crippen MR) is 97.2 cm³/mol. The summed E-state index contributed by atoms with van der Waals surface area (Å²) in [6, 6.07) is 9.58. The van der Waals surface area contributed by atoms with Gasteiger partial charge in [-0.05, 0) is 43.1 Å². The van der Waals surface area contributed by atoms with Gasteiger partial charge >= 0.3 is 5.97 Å². The fourth-order valence-electron chi connectivity index (χ4n) is 4.52. The Kier molecular flexibility index (Phi) is 5.77. The second-order valence-corrected chi connectivity index (χ2v) is 7.87. The van der Waals surface area contributed by atoms with Gasteiger partial charge in [-0.2, -0.15) is 0 Å². The molecule has 1 saturated heterocycles.